The van der Waals surface area contributed by atoms with Crippen molar-refractivity contribution < 1.29 is 9.90 Å². The molecule has 0 fully saturated rings. The van der Waals surface area contributed by atoms with Crippen LogP contribution in [0, 0.1) is 5.92 Å². The summed E-state index contributed by atoms with van der Waals surface area (Å²) in [6, 6.07) is 0. The van der Waals surface area contributed by atoms with Gasteiger partial charge in [0, 0.05) is 6.54 Å². The Kier molecular flexibility index (Phi) is 3.00. The van der Waals surface area contributed by atoms with Crippen LogP contribution in [0.5, 0.6) is 0 Å². The summed E-state index contributed by atoms with van der Waals surface area (Å²) >= 11 is 0. The van der Waals surface area contributed by atoms with E-state index < -0.39 is 5.97 Å². The number of rotatable bonds is 4. The normalized spacial score (nSPS) is 12.8. The van der Waals surface area contributed by atoms with E-state index in [0.717, 1.165) is 13.0 Å². The van der Waals surface area contributed by atoms with Gasteiger partial charge < -0.3 is 5.11 Å². The number of aromatic nitrogens is 3. The molecular weight excluding hydrogens is 170 g/mol. The van der Waals surface area contributed by atoms with Gasteiger partial charge in [0.15, 0.2) is 5.69 Å². The van der Waals surface area contributed by atoms with Crippen molar-refractivity contribution in [1.82, 2.24) is 15.0 Å². The molecule has 0 spiro atoms. The standard InChI is InChI=1S/C8H13N3O2/c1-3-6(2)4-11-5-7(8(12)13)9-10-11/h5-6H,3-4H2,1-2H3,(H,12,13). The third-order valence-electron chi connectivity index (χ3n) is 1.95. The lowest BCUT2D eigenvalue weighted by Crippen LogP contribution is -2.07. The van der Waals surface area contributed by atoms with Gasteiger partial charge >= 0.3 is 5.97 Å². The molecule has 0 saturated heterocycles. The van der Waals surface area contributed by atoms with Crippen LogP contribution in [0.15, 0.2) is 6.20 Å². The van der Waals surface area contributed by atoms with Crippen LogP contribution in [0.2, 0.25) is 0 Å². The monoisotopic (exact) mass is 183 g/mol. The first-order valence-electron chi connectivity index (χ1n) is 4.27. The highest BCUT2D eigenvalue weighted by molar-refractivity contribution is 5.84. The van der Waals surface area contributed by atoms with Crippen LogP contribution >= 0.6 is 0 Å². The quantitative estimate of drug-likeness (QED) is 0.756. The van der Waals surface area contributed by atoms with Crippen molar-refractivity contribution in [1.29, 1.82) is 0 Å². The van der Waals surface area contributed by atoms with Gasteiger partial charge in [0.05, 0.1) is 6.20 Å². The summed E-state index contributed by atoms with van der Waals surface area (Å²) in [6.07, 6.45) is 2.50. The maximum absolute atomic E-state index is 10.5. The molecule has 0 saturated carbocycles. The summed E-state index contributed by atoms with van der Waals surface area (Å²) in [5.41, 5.74) is 0.00306. The average molecular weight is 183 g/mol. The molecule has 0 bridgehead atoms. The maximum atomic E-state index is 10.5. The van der Waals surface area contributed by atoms with Crippen LogP contribution in [0.4, 0.5) is 0 Å². The molecule has 5 nitrogen and oxygen atoms in total. The van der Waals surface area contributed by atoms with Crippen molar-refractivity contribution in [2.24, 2.45) is 5.92 Å². The second kappa shape index (κ2) is 4.02. The molecule has 1 atom stereocenters. The van der Waals surface area contributed by atoms with E-state index in [9.17, 15) is 4.79 Å². The minimum absolute atomic E-state index is 0.00306. The van der Waals surface area contributed by atoms with Gasteiger partial charge in [-0.3, -0.25) is 4.68 Å². The molecule has 13 heavy (non-hydrogen) atoms. The SMILES string of the molecule is CCC(C)Cn1cc(C(=O)O)nn1. The van der Waals surface area contributed by atoms with Crippen molar-refractivity contribution in [3.05, 3.63) is 11.9 Å². The molecule has 72 valence electrons. The molecule has 1 heterocycles. The summed E-state index contributed by atoms with van der Waals surface area (Å²) in [4.78, 5) is 10.5. The van der Waals surface area contributed by atoms with Gasteiger partial charge in [0.1, 0.15) is 0 Å². The van der Waals surface area contributed by atoms with Crippen LogP contribution in [-0.2, 0) is 6.54 Å². The predicted octanol–water partition coefficient (Wildman–Crippen LogP) is 1.02. The first-order valence-corrected chi connectivity index (χ1v) is 4.27. The van der Waals surface area contributed by atoms with Crippen molar-refractivity contribution in [2.45, 2.75) is 26.8 Å². The third-order valence-corrected chi connectivity index (χ3v) is 1.95. The second-order valence-corrected chi connectivity index (χ2v) is 3.14. The molecule has 0 amide bonds. The third kappa shape index (κ3) is 2.54. The van der Waals surface area contributed by atoms with E-state index in [4.69, 9.17) is 5.11 Å². The van der Waals surface area contributed by atoms with Crippen molar-refractivity contribution in [2.75, 3.05) is 0 Å². The van der Waals surface area contributed by atoms with Gasteiger partial charge in [-0.1, -0.05) is 25.5 Å². The highest BCUT2D eigenvalue weighted by Gasteiger charge is 2.09. The van der Waals surface area contributed by atoms with E-state index in [1.807, 2.05) is 0 Å². The predicted molar refractivity (Wildman–Crippen MR) is 46.4 cm³/mol. The molecule has 0 aliphatic heterocycles. The number of aromatic carboxylic acids is 1. The molecule has 0 aromatic carbocycles. The van der Waals surface area contributed by atoms with Gasteiger partial charge in [-0.2, -0.15) is 0 Å². The van der Waals surface area contributed by atoms with Crippen LogP contribution in [0.1, 0.15) is 30.8 Å². The summed E-state index contributed by atoms with van der Waals surface area (Å²) < 4.78 is 1.57. The Bertz CT molecular complexity index is 295. The van der Waals surface area contributed by atoms with E-state index in [0.29, 0.717) is 5.92 Å². The Balaban J connectivity index is 2.64. The molecule has 5 heteroatoms. The summed E-state index contributed by atoms with van der Waals surface area (Å²) in [5, 5.41) is 15.8. The topological polar surface area (TPSA) is 68.0 Å². The smallest absolute Gasteiger partial charge is 0.358 e. The zero-order valence-electron chi connectivity index (χ0n) is 7.77. The lowest BCUT2D eigenvalue weighted by atomic mass is 10.1. The number of carboxylic acids is 1. The molecule has 0 aliphatic rings. The lowest BCUT2D eigenvalue weighted by Gasteiger charge is -2.05. The van der Waals surface area contributed by atoms with E-state index in [2.05, 4.69) is 24.2 Å². The minimum atomic E-state index is -1.03. The average Bonchev–Trinajstić information content (AvgIpc) is 2.52. The first-order chi connectivity index (χ1) is 6.13. The van der Waals surface area contributed by atoms with Crippen LogP contribution < -0.4 is 0 Å². The minimum Gasteiger partial charge on any atom is -0.476 e. The molecule has 1 aromatic heterocycles. The molecule has 1 N–H and O–H groups in total. The highest BCUT2D eigenvalue weighted by atomic mass is 16.4. The first kappa shape index (κ1) is 9.70. The van der Waals surface area contributed by atoms with Crippen molar-refractivity contribution >= 4 is 5.97 Å². The highest BCUT2D eigenvalue weighted by Crippen LogP contribution is 2.04. The number of nitrogens with zero attached hydrogens (tertiary/aromatic N) is 3. The summed E-state index contributed by atoms with van der Waals surface area (Å²) in [5.74, 6) is -0.543. The van der Waals surface area contributed by atoms with Gasteiger partial charge in [0.2, 0.25) is 0 Å². The van der Waals surface area contributed by atoms with Crippen LogP contribution in [0.3, 0.4) is 0 Å². The fraction of sp³-hybridized carbons (Fsp3) is 0.625. The van der Waals surface area contributed by atoms with Gasteiger partial charge in [0.25, 0.3) is 0 Å². The zero-order valence-corrected chi connectivity index (χ0v) is 7.77. The van der Waals surface area contributed by atoms with Crippen molar-refractivity contribution in [3.8, 4) is 0 Å². The largest absolute Gasteiger partial charge is 0.476 e. The summed E-state index contributed by atoms with van der Waals surface area (Å²) in [7, 11) is 0. The molecule has 1 rings (SSSR count). The molecule has 0 aliphatic carbocycles. The zero-order chi connectivity index (χ0) is 9.84. The Hall–Kier alpha value is -1.39. The number of hydrogen-bond acceptors (Lipinski definition) is 3. The molecular formula is C8H13N3O2. The van der Waals surface area contributed by atoms with Crippen LogP contribution in [0.25, 0.3) is 0 Å². The van der Waals surface area contributed by atoms with E-state index >= 15 is 0 Å². The summed E-state index contributed by atoms with van der Waals surface area (Å²) in [6.45, 7) is 4.89. The van der Waals surface area contributed by atoms with E-state index in [-0.39, 0.29) is 5.69 Å². The Morgan fingerprint density at radius 3 is 2.92 bits per heavy atom. The Labute approximate surface area is 76.4 Å². The van der Waals surface area contributed by atoms with Gasteiger partial charge in [-0.25, -0.2) is 4.79 Å². The Morgan fingerprint density at radius 2 is 2.46 bits per heavy atom. The maximum Gasteiger partial charge on any atom is 0.358 e. The van der Waals surface area contributed by atoms with Gasteiger partial charge in [-0.15, -0.1) is 5.10 Å². The molecule has 0 radical (unpaired) electrons. The van der Waals surface area contributed by atoms with Gasteiger partial charge in [-0.05, 0) is 5.92 Å². The molecule has 1 aromatic rings. The fourth-order valence-electron chi connectivity index (χ4n) is 0.934. The second-order valence-electron chi connectivity index (χ2n) is 3.14. The van der Waals surface area contributed by atoms with Crippen molar-refractivity contribution in [3.63, 3.8) is 0 Å². The fourth-order valence-corrected chi connectivity index (χ4v) is 0.934. The molecule has 1 unspecified atom stereocenters. The van der Waals surface area contributed by atoms with E-state index in [1.54, 1.807) is 4.68 Å². The lowest BCUT2D eigenvalue weighted by molar-refractivity contribution is 0.0690. The van der Waals surface area contributed by atoms with E-state index in [1.165, 1.54) is 6.20 Å². The number of carboxylic acid groups (broad SMARTS) is 1. The Morgan fingerprint density at radius 1 is 1.77 bits per heavy atom. The van der Waals surface area contributed by atoms with Crippen LogP contribution in [-0.4, -0.2) is 26.1 Å². The number of carbonyl (C=O) groups is 1. The number of hydrogen-bond donors (Lipinski definition) is 1.